The third kappa shape index (κ3) is 3.53. The van der Waals surface area contributed by atoms with Gasteiger partial charge in [-0.15, -0.1) is 0 Å². The summed E-state index contributed by atoms with van der Waals surface area (Å²) in [5.74, 6) is -0.194. The Hall–Kier alpha value is -1.18. The van der Waals surface area contributed by atoms with E-state index in [1.807, 2.05) is 0 Å². The van der Waals surface area contributed by atoms with Gasteiger partial charge in [-0.25, -0.2) is 17.5 Å². The number of sulfonamides is 1. The highest BCUT2D eigenvalue weighted by molar-refractivity contribution is 7.89. The molecule has 2 rings (SSSR count). The van der Waals surface area contributed by atoms with E-state index in [4.69, 9.17) is 10.5 Å². The summed E-state index contributed by atoms with van der Waals surface area (Å²) in [6.45, 7) is 4.85. The topological polar surface area (TPSA) is 81.4 Å². The third-order valence-corrected chi connectivity index (χ3v) is 5.59. The summed E-state index contributed by atoms with van der Waals surface area (Å²) in [6.07, 6.45) is 1.69. The Labute approximate surface area is 124 Å². The van der Waals surface area contributed by atoms with E-state index in [0.29, 0.717) is 24.6 Å². The van der Waals surface area contributed by atoms with Gasteiger partial charge in [0.15, 0.2) is 0 Å². The highest BCUT2D eigenvalue weighted by atomic mass is 32.2. The van der Waals surface area contributed by atoms with Gasteiger partial charge in [0.05, 0.1) is 10.6 Å². The highest BCUT2D eigenvalue weighted by Crippen LogP contribution is 2.27. The number of halogens is 1. The van der Waals surface area contributed by atoms with Crippen LogP contribution in [0.25, 0.3) is 0 Å². The molecule has 3 N–H and O–H groups in total. The van der Waals surface area contributed by atoms with Crippen LogP contribution >= 0.6 is 0 Å². The lowest BCUT2D eigenvalue weighted by molar-refractivity contribution is 0.184. The average Bonchev–Trinajstić information content (AvgIpc) is 2.88. The van der Waals surface area contributed by atoms with Crippen molar-refractivity contribution < 1.29 is 17.5 Å². The van der Waals surface area contributed by atoms with E-state index in [0.717, 1.165) is 25.5 Å². The predicted molar refractivity (Wildman–Crippen MR) is 79.0 cm³/mol. The van der Waals surface area contributed by atoms with Gasteiger partial charge in [-0.2, -0.15) is 0 Å². The van der Waals surface area contributed by atoms with Crippen LogP contribution in [0, 0.1) is 25.6 Å². The molecule has 1 aliphatic rings. The molecule has 1 saturated heterocycles. The fraction of sp³-hybridized carbons (Fsp3) is 0.571. The summed E-state index contributed by atoms with van der Waals surface area (Å²) in [6, 6.07) is 1.15. The van der Waals surface area contributed by atoms with Gasteiger partial charge in [0.1, 0.15) is 5.82 Å². The first-order chi connectivity index (χ1) is 9.83. The van der Waals surface area contributed by atoms with Gasteiger partial charge >= 0.3 is 0 Å². The van der Waals surface area contributed by atoms with E-state index >= 15 is 0 Å². The summed E-state index contributed by atoms with van der Waals surface area (Å²) in [7, 11) is -3.69. The molecule has 1 atom stereocenters. The van der Waals surface area contributed by atoms with Crippen molar-refractivity contribution in [2.45, 2.75) is 31.6 Å². The van der Waals surface area contributed by atoms with Crippen LogP contribution < -0.4 is 10.5 Å². The summed E-state index contributed by atoms with van der Waals surface area (Å²) < 4.78 is 46.1. The van der Waals surface area contributed by atoms with E-state index in [-0.39, 0.29) is 16.1 Å². The Bertz CT molecular complexity index is 626. The second kappa shape index (κ2) is 6.29. The van der Waals surface area contributed by atoms with E-state index in [9.17, 15) is 12.8 Å². The van der Waals surface area contributed by atoms with Crippen molar-refractivity contribution >= 4 is 15.7 Å². The van der Waals surface area contributed by atoms with Crippen LogP contribution in [0.5, 0.6) is 0 Å². The number of hydrogen-bond acceptors (Lipinski definition) is 4. The zero-order valence-electron chi connectivity index (χ0n) is 12.3. The number of nitrogen functional groups attached to an aromatic ring is 1. The van der Waals surface area contributed by atoms with Crippen LogP contribution in [-0.4, -0.2) is 28.2 Å². The normalized spacial score (nSPS) is 19.1. The van der Waals surface area contributed by atoms with Crippen molar-refractivity contribution in [2.24, 2.45) is 5.92 Å². The van der Waals surface area contributed by atoms with E-state index in [1.54, 1.807) is 6.92 Å². The van der Waals surface area contributed by atoms with Gasteiger partial charge < -0.3 is 10.5 Å². The zero-order valence-corrected chi connectivity index (χ0v) is 13.1. The Morgan fingerprint density at radius 2 is 2.19 bits per heavy atom. The third-order valence-electron chi connectivity index (χ3n) is 3.84. The van der Waals surface area contributed by atoms with Crippen LogP contribution in [0.3, 0.4) is 0 Å². The molecular formula is C14H21FN2O3S. The lowest BCUT2D eigenvalue weighted by Crippen LogP contribution is -2.28. The van der Waals surface area contributed by atoms with E-state index < -0.39 is 15.8 Å². The molecule has 21 heavy (non-hydrogen) atoms. The fourth-order valence-electron chi connectivity index (χ4n) is 2.62. The first kappa shape index (κ1) is 16.2. The summed E-state index contributed by atoms with van der Waals surface area (Å²) >= 11 is 0. The first-order valence-corrected chi connectivity index (χ1v) is 8.44. The van der Waals surface area contributed by atoms with Gasteiger partial charge in [0.25, 0.3) is 0 Å². The van der Waals surface area contributed by atoms with Crippen LogP contribution in [0.4, 0.5) is 10.1 Å². The molecule has 0 bridgehead atoms. The minimum Gasteiger partial charge on any atom is -0.396 e. The molecule has 1 aliphatic heterocycles. The van der Waals surface area contributed by atoms with Crippen molar-refractivity contribution in [3.63, 3.8) is 0 Å². The van der Waals surface area contributed by atoms with Gasteiger partial charge in [0, 0.05) is 19.8 Å². The molecule has 1 unspecified atom stereocenters. The number of nitrogens with one attached hydrogen (secondary N) is 1. The number of hydrogen-bond donors (Lipinski definition) is 2. The summed E-state index contributed by atoms with van der Waals surface area (Å²) in [5.41, 5.74) is 6.08. The zero-order chi connectivity index (χ0) is 15.6. The maximum atomic E-state index is 13.5. The van der Waals surface area contributed by atoms with Crippen molar-refractivity contribution in [2.75, 3.05) is 25.5 Å². The van der Waals surface area contributed by atoms with Gasteiger partial charge in [-0.3, -0.25) is 0 Å². The van der Waals surface area contributed by atoms with Gasteiger partial charge in [0.2, 0.25) is 10.0 Å². The minimum atomic E-state index is -3.69. The SMILES string of the molecule is Cc1cc(F)c(N)c(C)c1S(=O)(=O)NCCC1CCOC1. The lowest BCUT2D eigenvalue weighted by atomic mass is 10.1. The largest absolute Gasteiger partial charge is 0.396 e. The summed E-state index contributed by atoms with van der Waals surface area (Å²) in [4.78, 5) is 0.0732. The second-order valence-corrected chi connectivity index (χ2v) is 7.16. The number of rotatable bonds is 5. The van der Waals surface area contributed by atoms with Gasteiger partial charge in [-0.1, -0.05) is 0 Å². The Morgan fingerprint density at radius 3 is 2.81 bits per heavy atom. The smallest absolute Gasteiger partial charge is 0.241 e. The van der Waals surface area contributed by atoms with E-state index in [2.05, 4.69) is 4.72 Å². The lowest BCUT2D eigenvalue weighted by Gasteiger charge is -2.15. The van der Waals surface area contributed by atoms with Crippen LogP contribution in [0.1, 0.15) is 24.0 Å². The Morgan fingerprint density at radius 1 is 1.48 bits per heavy atom. The molecule has 118 valence electrons. The molecule has 0 aromatic heterocycles. The Kier molecular flexibility index (Phi) is 4.85. The van der Waals surface area contributed by atoms with Crippen LogP contribution in [0.15, 0.2) is 11.0 Å². The molecule has 1 fully saturated rings. The maximum Gasteiger partial charge on any atom is 0.241 e. The first-order valence-electron chi connectivity index (χ1n) is 6.95. The molecular weight excluding hydrogens is 295 g/mol. The number of benzene rings is 1. The van der Waals surface area contributed by atoms with Crippen LogP contribution in [0.2, 0.25) is 0 Å². The van der Waals surface area contributed by atoms with E-state index in [1.165, 1.54) is 6.92 Å². The second-order valence-electron chi connectivity index (χ2n) is 5.46. The molecule has 0 radical (unpaired) electrons. The average molecular weight is 316 g/mol. The molecule has 0 aliphatic carbocycles. The van der Waals surface area contributed by atoms with Crippen molar-refractivity contribution in [3.8, 4) is 0 Å². The number of aryl methyl sites for hydroxylation is 1. The van der Waals surface area contributed by atoms with Gasteiger partial charge in [-0.05, 0) is 49.8 Å². The molecule has 0 amide bonds. The standard InChI is InChI=1S/C14H21FN2O3S/c1-9-7-12(15)13(16)10(2)14(9)21(18,19)17-5-3-11-4-6-20-8-11/h7,11,17H,3-6,8,16H2,1-2H3. The highest BCUT2D eigenvalue weighted by Gasteiger charge is 2.23. The molecule has 1 aromatic carbocycles. The number of ether oxygens (including phenoxy) is 1. The van der Waals surface area contributed by atoms with Crippen molar-refractivity contribution in [1.82, 2.24) is 4.72 Å². The Balaban J connectivity index is 2.14. The molecule has 1 aromatic rings. The van der Waals surface area contributed by atoms with Crippen molar-refractivity contribution in [3.05, 3.63) is 23.0 Å². The molecule has 7 heteroatoms. The van der Waals surface area contributed by atoms with Crippen molar-refractivity contribution in [1.29, 1.82) is 0 Å². The summed E-state index contributed by atoms with van der Waals surface area (Å²) in [5, 5.41) is 0. The molecule has 0 spiro atoms. The number of nitrogens with two attached hydrogens (primary N) is 1. The monoisotopic (exact) mass is 316 g/mol. The molecule has 5 nitrogen and oxygen atoms in total. The quantitative estimate of drug-likeness (QED) is 0.811. The predicted octanol–water partition coefficient (Wildman–Crippen LogP) is 1.73. The number of anilines is 1. The minimum absolute atomic E-state index is 0.0732. The van der Waals surface area contributed by atoms with Crippen LogP contribution in [-0.2, 0) is 14.8 Å². The molecule has 0 saturated carbocycles. The maximum absolute atomic E-state index is 13.5. The molecule has 1 heterocycles. The fourth-order valence-corrected chi connectivity index (χ4v) is 4.15.